The molecule has 118 valence electrons. The second-order valence-electron chi connectivity index (χ2n) is 6.07. The van der Waals surface area contributed by atoms with Gasteiger partial charge in [-0.2, -0.15) is 5.10 Å². The third-order valence-corrected chi connectivity index (χ3v) is 4.37. The summed E-state index contributed by atoms with van der Waals surface area (Å²) in [6, 6.07) is 1.88. The lowest BCUT2D eigenvalue weighted by Crippen LogP contribution is -2.29. The average Bonchev–Trinajstić information content (AvgIpc) is 3.16. The summed E-state index contributed by atoms with van der Waals surface area (Å²) in [5.74, 6) is 1.42. The second kappa shape index (κ2) is 5.59. The van der Waals surface area contributed by atoms with Crippen LogP contribution in [-0.4, -0.2) is 43.2 Å². The summed E-state index contributed by atoms with van der Waals surface area (Å²) < 4.78 is 3.94. The van der Waals surface area contributed by atoms with Gasteiger partial charge in [-0.3, -0.25) is 9.48 Å². The van der Waals surface area contributed by atoms with E-state index in [1.807, 2.05) is 49.7 Å². The van der Waals surface area contributed by atoms with Gasteiger partial charge in [0.1, 0.15) is 5.82 Å². The first-order chi connectivity index (χ1) is 10.5. The van der Waals surface area contributed by atoms with Gasteiger partial charge in [0, 0.05) is 44.5 Å². The Morgan fingerprint density at radius 1 is 1.41 bits per heavy atom. The van der Waals surface area contributed by atoms with Crippen LogP contribution in [0.5, 0.6) is 0 Å². The Hall–Kier alpha value is -2.11. The monoisotopic (exact) mass is 301 g/mol. The van der Waals surface area contributed by atoms with Gasteiger partial charge in [-0.15, -0.1) is 0 Å². The Balaban J connectivity index is 1.74. The minimum Gasteiger partial charge on any atom is -0.337 e. The van der Waals surface area contributed by atoms with E-state index in [1.165, 1.54) is 0 Å². The highest BCUT2D eigenvalue weighted by Gasteiger charge is 2.31. The van der Waals surface area contributed by atoms with Crippen LogP contribution < -0.4 is 0 Å². The molecule has 1 amide bonds. The molecule has 0 bridgehead atoms. The van der Waals surface area contributed by atoms with Crippen LogP contribution >= 0.6 is 0 Å². The third kappa shape index (κ3) is 2.53. The van der Waals surface area contributed by atoms with Gasteiger partial charge in [0.15, 0.2) is 5.69 Å². The molecule has 2 aromatic rings. The number of carbonyl (C=O) groups is 1. The normalized spacial score (nSPS) is 18.2. The molecule has 0 unspecified atom stereocenters. The molecule has 3 rings (SSSR count). The lowest BCUT2D eigenvalue weighted by molar-refractivity contribution is 0.0783. The van der Waals surface area contributed by atoms with Gasteiger partial charge in [-0.1, -0.05) is 0 Å². The number of hydrogen-bond acceptors (Lipinski definition) is 3. The molecule has 0 aromatic carbocycles. The number of nitrogens with zero attached hydrogens (tertiary/aromatic N) is 5. The number of rotatable bonds is 3. The van der Waals surface area contributed by atoms with Crippen LogP contribution in [0.4, 0.5) is 0 Å². The molecule has 1 aliphatic rings. The van der Waals surface area contributed by atoms with E-state index < -0.39 is 0 Å². The molecule has 0 spiro atoms. The largest absolute Gasteiger partial charge is 0.337 e. The Morgan fingerprint density at radius 2 is 2.18 bits per heavy atom. The van der Waals surface area contributed by atoms with Crippen molar-refractivity contribution in [1.82, 2.24) is 24.2 Å². The van der Waals surface area contributed by atoms with Gasteiger partial charge in [0.05, 0.1) is 5.69 Å². The van der Waals surface area contributed by atoms with Crippen molar-refractivity contribution in [3.05, 3.63) is 35.2 Å². The zero-order valence-electron chi connectivity index (χ0n) is 13.7. The van der Waals surface area contributed by atoms with Gasteiger partial charge < -0.3 is 9.47 Å². The Morgan fingerprint density at radius 3 is 2.77 bits per heavy atom. The van der Waals surface area contributed by atoms with E-state index >= 15 is 0 Å². The molecule has 0 saturated carbocycles. The summed E-state index contributed by atoms with van der Waals surface area (Å²) in [5.41, 5.74) is 2.61. The number of imidazole rings is 1. The molecule has 1 atom stereocenters. The van der Waals surface area contributed by atoms with E-state index in [1.54, 1.807) is 0 Å². The number of likely N-dealkylation sites (tertiary alicyclic amines) is 1. The van der Waals surface area contributed by atoms with Crippen LogP contribution in [0.1, 0.15) is 47.0 Å². The maximum Gasteiger partial charge on any atom is 0.274 e. The topological polar surface area (TPSA) is 56.0 Å². The van der Waals surface area contributed by atoms with Gasteiger partial charge in [0.2, 0.25) is 0 Å². The van der Waals surface area contributed by atoms with Gasteiger partial charge in [-0.25, -0.2) is 4.98 Å². The Kier molecular flexibility index (Phi) is 3.76. The maximum atomic E-state index is 12.6. The fourth-order valence-electron chi connectivity index (χ4n) is 3.27. The number of amides is 1. The molecule has 6 nitrogen and oxygen atoms in total. The summed E-state index contributed by atoms with van der Waals surface area (Å²) in [6.07, 6.45) is 3.00. The van der Waals surface area contributed by atoms with E-state index in [0.29, 0.717) is 11.6 Å². The SMILES string of the molecule is CCn1nc(C(=O)N2CC[C@H](c3nc(C)cn3C)C2)cc1C. The lowest BCUT2D eigenvalue weighted by Gasteiger charge is -2.15. The van der Waals surface area contributed by atoms with Crippen molar-refractivity contribution in [2.24, 2.45) is 7.05 Å². The molecule has 6 heteroatoms. The highest BCUT2D eigenvalue weighted by atomic mass is 16.2. The van der Waals surface area contributed by atoms with E-state index in [2.05, 4.69) is 14.6 Å². The highest BCUT2D eigenvalue weighted by molar-refractivity contribution is 5.92. The number of carbonyl (C=O) groups excluding carboxylic acids is 1. The summed E-state index contributed by atoms with van der Waals surface area (Å²) in [4.78, 5) is 19.1. The van der Waals surface area contributed by atoms with Crippen molar-refractivity contribution in [3.8, 4) is 0 Å². The van der Waals surface area contributed by atoms with E-state index in [9.17, 15) is 4.79 Å². The molecule has 3 heterocycles. The molecule has 22 heavy (non-hydrogen) atoms. The van der Waals surface area contributed by atoms with E-state index in [-0.39, 0.29) is 5.91 Å². The summed E-state index contributed by atoms with van der Waals surface area (Å²) >= 11 is 0. The fraction of sp³-hybridized carbons (Fsp3) is 0.562. The Bertz CT molecular complexity index is 699. The van der Waals surface area contributed by atoms with Crippen LogP contribution in [-0.2, 0) is 13.6 Å². The average molecular weight is 301 g/mol. The summed E-state index contributed by atoms with van der Waals surface area (Å²) in [6.45, 7) is 8.30. The number of hydrogen-bond donors (Lipinski definition) is 0. The molecule has 0 aliphatic carbocycles. The Labute approximate surface area is 130 Å². The van der Waals surface area contributed by atoms with Crippen molar-refractivity contribution in [3.63, 3.8) is 0 Å². The van der Waals surface area contributed by atoms with Crippen LogP contribution in [0.25, 0.3) is 0 Å². The first kappa shape index (κ1) is 14.8. The van der Waals surface area contributed by atoms with Gasteiger partial charge in [0.25, 0.3) is 5.91 Å². The zero-order chi connectivity index (χ0) is 15.9. The molecule has 2 aromatic heterocycles. The molecule has 1 saturated heterocycles. The first-order valence-corrected chi connectivity index (χ1v) is 7.83. The summed E-state index contributed by atoms with van der Waals surface area (Å²) in [7, 11) is 2.02. The summed E-state index contributed by atoms with van der Waals surface area (Å²) in [5, 5.41) is 4.40. The van der Waals surface area contributed by atoms with Crippen LogP contribution in [0, 0.1) is 13.8 Å². The van der Waals surface area contributed by atoms with Crippen LogP contribution in [0.3, 0.4) is 0 Å². The van der Waals surface area contributed by atoms with Gasteiger partial charge >= 0.3 is 0 Å². The maximum absolute atomic E-state index is 12.6. The standard InChI is InChI=1S/C16H23N5O/c1-5-21-12(3)8-14(18-21)16(22)20-7-6-13(10-20)15-17-11(2)9-19(15)4/h8-9,13H,5-7,10H2,1-4H3/t13-/m0/s1. The smallest absolute Gasteiger partial charge is 0.274 e. The second-order valence-corrected chi connectivity index (χ2v) is 6.07. The van der Waals surface area contributed by atoms with Crippen molar-refractivity contribution < 1.29 is 4.79 Å². The predicted octanol–water partition coefficient (Wildman–Crippen LogP) is 1.88. The quantitative estimate of drug-likeness (QED) is 0.870. The van der Waals surface area contributed by atoms with Crippen molar-refractivity contribution in [2.45, 2.75) is 39.7 Å². The van der Waals surface area contributed by atoms with Crippen LogP contribution in [0.15, 0.2) is 12.3 Å². The van der Waals surface area contributed by atoms with E-state index in [0.717, 1.165) is 43.3 Å². The zero-order valence-corrected chi connectivity index (χ0v) is 13.7. The predicted molar refractivity (Wildman–Crippen MR) is 83.8 cm³/mol. The van der Waals surface area contributed by atoms with Crippen molar-refractivity contribution in [1.29, 1.82) is 0 Å². The van der Waals surface area contributed by atoms with Crippen LogP contribution in [0.2, 0.25) is 0 Å². The number of aromatic nitrogens is 4. The molecule has 1 aliphatic heterocycles. The molecule has 0 radical (unpaired) electrons. The third-order valence-electron chi connectivity index (χ3n) is 4.37. The molecule has 1 fully saturated rings. The first-order valence-electron chi connectivity index (χ1n) is 7.83. The molecule has 0 N–H and O–H groups in total. The van der Waals surface area contributed by atoms with Gasteiger partial charge in [-0.05, 0) is 33.3 Å². The minimum absolute atomic E-state index is 0.0312. The highest BCUT2D eigenvalue weighted by Crippen LogP contribution is 2.27. The lowest BCUT2D eigenvalue weighted by atomic mass is 10.1. The van der Waals surface area contributed by atoms with Crippen molar-refractivity contribution in [2.75, 3.05) is 13.1 Å². The minimum atomic E-state index is 0.0312. The fourth-order valence-corrected chi connectivity index (χ4v) is 3.27. The van der Waals surface area contributed by atoms with E-state index in [4.69, 9.17) is 0 Å². The van der Waals surface area contributed by atoms with Crippen molar-refractivity contribution >= 4 is 5.91 Å². The molecular formula is C16H23N5O. The molecular weight excluding hydrogens is 278 g/mol. The number of aryl methyl sites for hydroxylation is 4.